The Hall–Kier alpha value is -2.60. The summed E-state index contributed by atoms with van der Waals surface area (Å²) in [5.41, 5.74) is 2.87. The van der Waals surface area contributed by atoms with Gasteiger partial charge in [0.1, 0.15) is 11.4 Å². The molecule has 0 heterocycles. The summed E-state index contributed by atoms with van der Waals surface area (Å²) in [6, 6.07) is 12.4. The van der Waals surface area contributed by atoms with Crippen molar-refractivity contribution in [1.82, 2.24) is 0 Å². The first kappa shape index (κ1) is 11.9. The quantitative estimate of drug-likeness (QED) is 0.619. The first-order chi connectivity index (χ1) is 8.69. The molecule has 2 aromatic rings. The lowest BCUT2D eigenvalue weighted by atomic mass is 10.2. The molecule has 3 nitrogen and oxygen atoms in total. The molecule has 88 valence electrons. The lowest BCUT2D eigenvalue weighted by Gasteiger charge is -1.99. The number of aromatic hydroxyl groups is 1. The summed E-state index contributed by atoms with van der Waals surface area (Å²) in [6.07, 6.45) is 5.31. The predicted molar refractivity (Wildman–Crippen MR) is 71.4 cm³/mol. The average Bonchev–Trinajstić information content (AvgIpc) is 2.40. The van der Waals surface area contributed by atoms with E-state index in [1.807, 2.05) is 25.1 Å². The molecule has 0 bridgehead atoms. The van der Waals surface area contributed by atoms with E-state index in [2.05, 4.69) is 16.1 Å². The van der Waals surface area contributed by atoms with Gasteiger partial charge < -0.3 is 5.11 Å². The molecule has 0 aliphatic rings. The van der Waals surface area contributed by atoms with Gasteiger partial charge in [0.05, 0.1) is 5.69 Å². The minimum atomic E-state index is 0.109. The fourth-order valence-electron chi connectivity index (χ4n) is 1.48. The average molecular weight is 236 g/mol. The number of phenols is 1. The van der Waals surface area contributed by atoms with E-state index in [4.69, 9.17) is 6.42 Å². The molecule has 0 saturated carbocycles. The maximum Gasteiger partial charge on any atom is 0.143 e. The van der Waals surface area contributed by atoms with Gasteiger partial charge >= 0.3 is 0 Å². The highest BCUT2D eigenvalue weighted by atomic mass is 16.3. The minimum absolute atomic E-state index is 0.109. The van der Waals surface area contributed by atoms with E-state index in [1.165, 1.54) is 0 Å². The molecule has 0 unspecified atom stereocenters. The monoisotopic (exact) mass is 236 g/mol. The van der Waals surface area contributed by atoms with Crippen LogP contribution in [0.5, 0.6) is 5.75 Å². The van der Waals surface area contributed by atoms with Gasteiger partial charge in [-0.1, -0.05) is 18.1 Å². The van der Waals surface area contributed by atoms with E-state index >= 15 is 0 Å². The van der Waals surface area contributed by atoms with Crippen molar-refractivity contribution in [2.75, 3.05) is 0 Å². The Morgan fingerprint density at radius 1 is 1.11 bits per heavy atom. The number of hydrogen-bond donors (Lipinski definition) is 1. The fraction of sp³-hybridized carbons (Fsp3) is 0.0667. The Bertz CT molecular complexity index is 639. The van der Waals surface area contributed by atoms with Crippen LogP contribution in [0.3, 0.4) is 0 Å². The van der Waals surface area contributed by atoms with Gasteiger partial charge in [-0.3, -0.25) is 0 Å². The van der Waals surface area contributed by atoms with E-state index in [9.17, 15) is 5.11 Å². The second-order valence-corrected chi connectivity index (χ2v) is 3.89. The van der Waals surface area contributed by atoms with E-state index in [0.717, 1.165) is 11.1 Å². The Balaban J connectivity index is 2.30. The van der Waals surface area contributed by atoms with Crippen molar-refractivity contribution in [3.8, 4) is 18.1 Å². The number of azo groups is 1. The number of benzene rings is 2. The van der Waals surface area contributed by atoms with E-state index in [-0.39, 0.29) is 5.75 Å². The van der Waals surface area contributed by atoms with Crippen molar-refractivity contribution in [1.29, 1.82) is 0 Å². The van der Waals surface area contributed by atoms with Gasteiger partial charge in [0, 0.05) is 5.56 Å². The van der Waals surface area contributed by atoms with Crippen LogP contribution in [-0.4, -0.2) is 5.11 Å². The summed E-state index contributed by atoms with van der Waals surface area (Å²) in [6.45, 7) is 1.93. The Morgan fingerprint density at radius 2 is 1.94 bits per heavy atom. The maximum absolute atomic E-state index is 9.63. The third-order valence-corrected chi connectivity index (χ3v) is 2.42. The molecule has 0 aliphatic carbocycles. The second-order valence-electron chi connectivity index (χ2n) is 3.89. The fourth-order valence-corrected chi connectivity index (χ4v) is 1.48. The highest BCUT2D eigenvalue weighted by Gasteiger charge is 1.99. The number of terminal acetylenes is 1. The summed E-state index contributed by atoms with van der Waals surface area (Å²) in [4.78, 5) is 0. The summed E-state index contributed by atoms with van der Waals surface area (Å²) >= 11 is 0. The molecular formula is C15H12N2O. The van der Waals surface area contributed by atoms with Crippen molar-refractivity contribution < 1.29 is 5.11 Å². The number of phenolic OH excluding ortho intramolecular Hbond substituents is 1. The molecule has 2 rings (SSSR count). The molecule has 0 amide bonds. The maximum atomic E-state index is 9.63. The van der Waals surface area contributed by atoms with Gasteiger partial charge in [0.2, 0.25) is 0 Å². The van der Waals surface area contributed by atoms with Crippen LogP contribution < -0.4 is 0 Å². The van der Waals surface area contributed by atoms with Crippen molar-refractivity contribution in [3.05, 3.63) is 53.6 Å². The van der Waals surface area contributed by atoms with Crippen LogP contribution >= 0.6 is 0 Å². The van der Waals surface area contributed by atoms with Crippen LogP contribution in [0.25, 0.3) is 0 Å². The van der Waals surface area contributed by atoms with Crippen LogP contribution in [0.15, 0.2) is 52.7 Å². The third kappa shape index (κ3) is 2.74. The topological polar surface area (TPSA) is 45.0 Å². The molecule has 0 aromatic heterocycles. The van der Waals surface area contributed by atoms with E-state index in [1.54, 1.807) is 24.3 Å². The predicted octanol–water partition coefficient (Wildman–Crippen LogP) is 4.10. The largest absolute Gasteiger partial charge is 0.506 e. The summed E-state index contributed by atoms with van der Waals surface area (Å²) in [5.74, 6) is 2.64. The third-order valence-electron chi connectivity index (χ3n) is 2.42. The summed E-state index contributed by atoms with van der Waals surface area (Å²) in [7, 11) is 0. The van der Waals surface area contributed by atoms with Crippen LogP contribution in [0.1, 0.15) is 11.1 Å². The molecule has 0 spiro atoms. The highest BCUT2D eigenvalue weighted by molar-refractivity contribution is 5.53. The first-order valence-corrected chi connectivity index (χ1v) is 5.47. The molecule has 0 fully saturated rings. The van der Waals surface area contributed by atoms with Crippen LogP contribution in [0.4, 0.5) is 11.4 Å². The minimum Gasteiger partial charge on any atom is -0.506 e. The summed E-state index contributed by atoms with van der Waals surface area (Å²) in [5, 5.41) is 17.7. The van der Waals surface area contributed by atoms with Gasteiger partial charge in [0.25, 0.3) is 0 Å². The Kier molecular flexibility index (Phi) is 3.40. The van der Waals surface area contributed by atoms with Gasteiger partial charge in [-0.05, 0) is 42.8 Å². The molecule has 3 heteroatoms. The van der Waals surface area contributed by atoms with Gasteiger partial charge in [0.15, 0.2) is 0 Å². The van der Waals surface area contributed by atoms with Crippen LogP contribution in [-0.2, 0) is 0 Å². The Morgan fingerprint density at radius 3 is 2.72 bits per heavy atom. The molecule has 0 saturated heterocycles. The normalized spacial score (nSPS) is 10.4. The number of nitrogens with zero attached hydrogens (tertiary/aromatic N) is 2. The Labute approximate surface area is 106 Å². The van der Waals surface area contributed by atoms with Crippen molar-refractivity contribution in [2.45, 2.75) is 6.92 Å². The van der Waals surface area contributed by atoms with Crippen molar-refractivity contribution >= 4 is 11.4 Å². The molecule has 0 atom stereocenters. The molecule has 2 aromatic carbocycles. The number of aryl methyl sites for hydroxylation is 1. The molecule has 18 heavy (non-hydrogen) atoms. The number of rotatable bonds is 2. The van der Waals surface area contributed by atoms with Gasteiger partial charge in [-0.2, -0.15) is 5.11 Å². The lowest BCUT2D eigenvalue weighted by Crippen LogP contribution is -1.73. The second kappa shape index (κ2) is 5.15. The lowest BCUT2D eigenvalue weighted by molar-refractivity contribution is 0.476. The van der Waals surface area contributed by atoms with Crippen LogP contribution in [0, 0.1) is 19.3 Å². The standard InChI is InChI=1S/C15H12N2O/c1-3-12-5-4-6-13(10-12)16-17-14-9-11(2)7-8-15(14)18/h1,4-10,18H,2H3. The zero-order valence-corrected chi connectivity index (χ0v) is 9.96. The zero-order chi connectivity index (χ0) is 13.0. The highest BCUT2D eigenvalue weighted by Crippen LogP contribution is 2.28. The molecule has 1 N–H and O–H groups in total. The van der Waals surface area contributed by atoms with Crippen molar-refractivity contribution in [2.24, 2.45) is 10.2 Å². The molecule has 0 aliphatic heterocycles. The van der Waals surface area contributed by atoms with Crippen molar-refractivity contribution in [3.63, 3.8) is 0 Å². The molecular weight excluding hydrogens is 224 g/mol. The SMILES string of the molecule is C#Cc1cccc(N=Nc2cc(C)ccc2O)c1. The first-order valence-electron chi connectivity index (χ1n) is 5.47. The van der Waals surface area contributed by atoms with Gasteiger partial charge in [-0.15, -0.1) is 11.5 Å². The van der Waals surface area contributed by atoms with Crippen LogP contribution in [0.2, 0.25) is 0 Å². The van der Waals surface area contributed by atoms with Gasteiger partial charge in [-0.25, -0.2) is 0 Å². The molecule has 0 radical (unpaired) electrons. The van der Waals surface area contributed by atoms with E-state index in [0.29, 0.717) is 11.4 Å². The number of hydrogen-bond acceptors (Lipinski definition) is 3. The zero-order valence-electron chi connectivity index (χ0n) is 9.96. The van der Waals surface area contributed by atoms with E-state index < -0.39 is 0 Å². The summed E-state index contributed by atoms with van der Waals surface area (Å²) < 4.78 is 0. The smallest absolute Gasteiger partial charge is 0.143 e.